The van der Waals surface area contributed by atoms with Crippen molar-refractivity contribution in [1.29, 1.82) is 0 Å². The number of anilines is 2. The molecule has 1 atom stereocenters. The third-order valence-electron chi connectivity index (χ3n) is 6.53. The number of aryl methyl sites for hydroxylation is 1. The van der Waals surface area contributed by atoms with Crippen LogP contribution in [0.1, 0.15) is 33.1 Å². The minimum atomic E-state index is -3.20. The van der Waals surface area contributed by atoms with Gasteiger partial charge in [0, 0.05) is 42.7 Å². The Morgan fingerprint density at radius 1 is 1.22 bits per heavy atom. The minimum absolute atomic E-state index is 0.214. The predicted octanol–water partition coefficient (Wildman–Crippen LogP) is 3.21. The fourth-order valence-corrected chi connectivity index (χ4v) is 6.72. The maximum Gasteiger partial charge on any atom is 0.211 e. The van der Waals surface area contributed by atoms with E-state index in [1.54, 1.807) is 4.31 Å². The lowest BCUT2D eigenvalue weighted by Crippen LogP contribution is -2.39. The number of fused-ring (bicyclic) bond motifs is 2. The maximum absolute atomic E-state index is 12.1. The summed E-state index contributed by atoms with van der Waals surface area (Å²) in [6.07, 6.45) is 5.38. The van der Waals surface area contributed by atoms with Gasteiger partial charge in [-0.05, 0) is 50.8 Å². The van der Waals surface area contributed by atoms with Crippen LogP contribution in [-0.4, -0.2) is 70.8 Å². The van der Waals surface area contributed by atoms with Gasteiger partial charge in [-0.25, -0.2) is 27.7 Å². The molecule has 11 nitrogen and oxygen atoms in total. The number of benzene rings is 1. The fraction of sp³-hybridized carbons (Fsp3) is 0.542. The van der Waals surface area contributed by atoms with Crippen molar-refractivity contribution in [3.8, 4) is 11.5 Å². The normalized spacial score (nSPS) is 18.4. The molecule has 2 aliphatic rings. The van der Waals surface area contributed by atoms with E-state index in [2.05, 4.69) is 33.7 Å². The first-order valence-electron chi connectivity index (χ1n) is 12.5. The van der Waals surface area contributed by atoms with E-state index in [0.29, 0.717) is 55.6 Å². The van der Waals surface area contributed by atoms with Crippen molar-refractivity contribution in [2.24, 2.45) is 5.92 Å². The van der Waals surface area contributed by atoms with Crippen molar-refractivity contribution in [3.05, 3.63) is 18.5 Å². The zero-order chi connectivity index (χ0) is 26.2. The summed E-state index contributed by atoms with van der Waals surface area (Å²) in [5.41, 5.74) is 8.32. The third-order valence-corrected chi connectivity index (χ3v) is 8.85. The third kappa shape index (κ3) is 5.73. The number of nitrogens with one attached hydrogen (secondary N) is 1. The second-order valence-corrected chi connectivity index (χ2v) is 12.8. The predicted molar refractivity (Wildman–Crippen MR) is 144 cm³/mol. The van der Waals surface area contributed by atoms with Gasteiger partial charge in [-0.3, -0.25) is 0 Å². The number of piperidine rings is 1. The molecular weight excluding hydrogens is 514 g/mol. The molecule has 5 rings (SSSR count). The first kappa shape index (κ1) is 25.9. The van der Waals surface area contributed by atoms with Gasteiger partial charge in [0.15, 0.2) is 33.6 Å². The van der Waals surface area contributed by atoms with Crippen LogP contribution in [0, 0.1) is 5.92 Å². The summed E-state index contributed by atoms with van der Waals surface area (Å²) < 4.78 is 39.5. The second-order valence-electron chi connectivity index (χ2n) is 9.79. The van der Waals surface area contributed by atoms with Gasteiger partial charge in [-0.2, -0.15) is 0 Å². The smallest absolute Gasteiger partial charge is 0.211 e. The van der Waals surface area contributed by atoms with Gasteiger partial charge in [0.1, 0.15) is 19.5 Å². The highest BCUT2D eigenvalue weighted by Gasteiger charge is 2.27. The van der Waals surface area contributed by atoms with Crippen molar-refractivity contribution in [3.63, 3.8) is 0 Å². The lowest BCUT2D eigenvalue weighted by molar-refractivity contribution is 0.171. The maximum atomic E-state index is 12.1. The minimum Gasteiger partial charge on any atom is -0.486 e. The van der Waals surface area contributed by atoms with E-state index in [4.69, 9.17) is 20.2 Å². The number of imidazole rings is 1. The van der Waals surface area contributed by atoms with Crippen LogP contribution in [0.25, 0.3) is 11.2 Å². The standard InChI is InChI=1S/C24H33N7O4S2/c1-15(2)28-17-11-18-19(35-10-9-34-18)12-20(17)36-24-29-21-22(25)26-14-27-23(21)31(24)8-6-16-5-4-7-30(13-16)37(3,32)33/h11-12,14-16,28H,4-10,13H2,1-3H3,(H2,25,26,27). The summed E-state index contributed by atoms with van der Waals surface area (Å²) in [6.45, 7) is 6.95. The van der Waals surface area contributed by atoms with E-state index < -0.39 is 10.0 Å². The lowest BCUT2D eigenvalue weighted by atomic mass is 9.96. The first-order valence-corrected chi connectivity index (χ1v) is 15.2. The van der Waals surface area contributed by atoms with Crippen LogP contribution >= 0.6 is 11.8 Å². The van der Waals surface area contributed by atoms with Crippen LogP contribution in [0.5, 0.6) is 11.5 Å². The van der Waals surface area contributed by atoms with E-state index in [9.17, 15) is 8.42 Å². The number of nitrogen functional groups attached to an aromatic ring is 1. The largest absolute Gasteiger partial charge is 0.486 e. The highest BCUT2D eigenvalue weighted by molar-refractivity contribution is 7.99. The molecule has 3 aromatic rings. The number of aromatic nitrogens is 4. The van der Waals surface area contributed by atoms with E-state index in [-0.39, 0.29) is 12.0 Å². The molecule has 0 radical (unpaired) electrons. The molecule has 1 aromatic carbocycles. The van der Waals surface area contributed by atoms with Crippen molar-refractivity contribution in [2.75, 3.05) is 43.6 Å². The molecule has 4 heterocycles. The zero-order valence-electron chi connectivity index (χ0n) is 21.3. The Balaban J connectivity index is 1.47. The number of nitrogens with zero attached hydrogens (tertiary/aromatic N) is 5. The van der Waals surface area contributed by atoms with Gasteiger partial charge in [0.05, 0.1) is 11.9 Å². The van der Waals surface area contributed by atoms with Crippen molar-refractivity contribution in [1.82, 2.24) is 23.8 Å². The Hall–Kier alpha value is -2.77. The van der Waals surface area contributed by atoms with Crippen molar-refractivity contribution < 1.29 is 17.9 Å². The van der Waals surface area contributed by atoms with Gasteiger partial charge in [-0.15, -0.1) is 0 Å². The van der Waals surface area contributed by atoms with Gasteiger partial charge in [-0.1, -0.05) is 0 Å². The van der Waals surface area contributed by atoms with Crippen LogP contribution in [0.15, 0.2) is 28.5 Å². The molecule has 13 heteroatoms. The molecule has 1 unspecified atom stereocenters. The van der Waals surface area contributed by atoms with E-state index in [1.807, 2.05) is 12.1 Å². The van der Waals surface area contributed by atoms with Crippen molar-refractivity contribution in [2.45, 2.75) is 55.7 Å². The SMILES string of the molecule is CC(C)Nc1cc2c(cc1Sc1nc3c(N)ncnc3n1CCC1CCCN(S(C)(=O)=O)C1)OCCO2. The molecule has 200 valence electrons. The van der Waals surface area contributed by atoms with Gasteiger partial charge in [0.2, 0.25) is 10.0 Å². The summed E-state index contributed by atoms with van der Waals surface area (Å²) >= 11 is 1.51. The molecule has 0 aliphatic carbocycles. The second kappa shape index (κ2) is 10.5. The lowest BCUT2D eigenvalue weighted by Gasteiger charge is -2.31. The van der Waals surface area contributed by atoms with Crippen LogP contribution in [0.4, 0.5) is 11.5 Å². The quantitative estimate of drug-likeness (QED) is 0.432. The molecule has 1 saturated heterocycles. The number of nitrogens with two attached hydrogens (primary N) is 1. The average molecular weight is 548 g/mol. The van der Waals surface area contributed by atoms with Crippen LogP contribution in [-0.2, 0) is 16.6 Å². The summed E-state index contributed by atoms with van der Waals surface area (Å²) in [7, 11) is -3.20. The Labute approximate surface area is 221 Å². The topological polar surface area (TPSA) is 137 Å². The molecule has 37 heavy (non-hydrogen) atoms. The number of ether oxygens (including phenoxy) is 2. The highest BCUT2D eigenvalue weighted by atomic mass is 32.2. The molecule has 0 saturated carbocycles. The molecule has 1 fully saturated rings. The average Bonchev–Trinajstić information content (AvgIpc) is 3.20. The van der Waals surface area contributed by atoms with Crippen molar-refractivity contribution >= 4 is 44.5 Å². The molecule has 0 bridgehead atoms. The van der Waals surface area contributed by atoms with Gasteiger partial charge >= 0.3 is 0 Å². The molecule has 0 amide bonds. The summed E-state index contributed by atoms with van der Waals surface area (Å²) in [5, 5.41) is 4.24. The highest BCUT2D eigenvalue weighted by Crippen LogP contribution is 2.43. The van der Waals surface area contributed by atoms with Crippen LogP contribution in [0.3, 0.4) is 0 Å². The summed E-state index contributed by atoms with van der Waals surface area (Å²) in [6, 6.07) is 4.17. The summed E-state index contributed by atoms with van der Waals surface area (Å²) in [4.78, 5) is 14.4. The molecule has 0 spiro atoms. The molecular formula is C24H33N7O4S2. The number of sulfonamides is 1. The molecule has 2 aliphatic heterocycles. The van der Waals surface area contributed by atoms with E-state index in [1.165, 1.54) is 24.3 Å². The number of hydrogen-bond acceptors (Lipinski definition) is 10. The number of rotatable bonds is 8. The van der Waals surface area contributed by atoms with Crippen LogP contribution in [0.2, 0.25) is 0 Å². The Morgan fingerprint density at radius 3 is 2.70 bits per heavy atom. The molecule has 2 aromatic heterocycles. The first-order chi connectivity index (χ1) is 17.7. The monoisotopic (exact) mass is 547 g/mol. The van der Waals surface area contributed by atoms with Crippen LogP contribution < -0.4 is 20.5 Å². The molecule has 3 N–H and O–H groups in total. The zero-order valence-corrected chi connectivity index (χ0v) is 22.9. The van der Waals surface area contributed by atoms with Gasteiger partial charge < -0.3 is 25.1 Å². The van der Waals surface area contributed by atoms with E-state index >= 15 is 0 Å². The fourth-order valence-electron chi connectivity index (χ4n) is 4.77. The summed E-state index contributed by atoms with van der Waals surface area (Å²) in [5.74, 6) is 2.00. The Morgan fingerprint density at radius 2 is 1.97 bits per heavy atom. The Bertz CT molecular complexity index is 1390. The van der Waals surface area contributed by atoms with E-state index in [0.717, 1.165) is 40.8 Å². The van der Waals surface area contributed by atoms with Gasteiger partial charge in [0.25, 0.3) is 0 Å². The number of hydrogen-bond donors (Lipinski definition) is 2. The Kier molecular flexibility index (Phi) is 7.37.